The maximum atomic E-state index is 6.42. The molecule has 0 spiro atoms. The summed E-state index contributed by atoms with van der Waals surface area (Å²) in [4.78, 5) is 0. The molecule has 116 valence electrons. The minimum absolute atomic E-state index is 0.270. The average molecular weight is 303 g/mol. The Labute approximate surface area is 131 Å². The summed E-state index contributed by atoms with van der Waals surface area (Å²) in [7, 11) is -1.68. The first-order valence-electron chi connectivity index (χ1n) is 8.22. The van der Waals surface area contributed by atoms with Crippen molar-refractivity contribution in [3.63, 3.8) is 0 Å². The summed E-state index contributed by atoms with van der Waals surface area (Å²) in [6, 6.07) is 6.71. The van der Waals surface area contributed by atoms with Crippen LogP contribution in [0.3, 0.4) is 0 Å². The van der Waals surface area contributed by atoms with Crippen molar-refractivity contribution in [3.8, 4) is 0 Å². The minimum atomic E-state index is -1.68. The maximum Gasteiger partial charge on any atom is 0.192 e. The SMILES string of the molecule is CC(C)(C)[Si](C)(C)OCc1cccc2c1/C=C\CCCC2. The molecule has 1 aromatic carbocycles. The van der Waals surface area contributed by atoms with Gasteiger partial charge in [0.05, 0.1) is 6.61 Å². The number of aryl methyl sites for hydroxylation is 1. The zero-order chi connectivity index (χ0) is 15.5. The van der Waals surface area contributed by atoms with Gasteiger partial charge in [0.1, 0.15) is 0 Å². The summed E-state index contributed by atoms with van der Waals surface area (Å²) in [6.45, 7) is 12.3. The van der Waals surface area contributed by atoms with Crippen LogP contribution in [0, 0.1) is 0 Å². The van der Waals surface area contributed by atoms with Crippen LogP contribution in [0.2, 0.25) is 18.1 Å². The Morgan fingerprint density at radius 1 is 1.14 bits per heavy atom. The summed E-state index contributed by atoms with van der Waals surface area (Å²) >= 11 is 0. The van der Waals surface area contributed by atoms with Crippen molar-refractivity contribution in [2.24, 2.45) is 0 Å². The zero-order valence-corrected chi connectivity index (χ0v) is 15.3. The van der Waals surface area contributed by atoms with Crippen molar-refractivity contribution in [1.29, 1.82) is 0 Å². The van der Waals surface area contributed by atoms with Crippen molar-refractivity contribution < 1.29 is 4.43 Å². The average Bonchev–Trinajstić information content (AvgIpc) is 2.36. The Balaban J connectivity index is 2.20. The fraction of sp³-hybridized carbons (Fsp3) is 0.579. The summed E-state index contributed by atoms with van der Waals surface area (Å²) in [5.41, 5.74) is 4.26. The van der Waals surface area contributed by atoms with Gasteiger partial charge in [0.2, 0.25) is 0 Å². The highest BCUT2D eigenvalue weighted by Gasteiger charge is 2.37. The van der Waals surface area contributed by atoms with Crippen LogP contribution < -0.4 is 0 Å². The number of hydrogen-bond acceptors (Lipinski definition) is 1. The van der Waals surface area contributed by atoms with Crippen LogP contribution >= 0.6 is 0 Å². The van der Waals surface area contributed by atoms with E-state index in [1.54, 1.807) is 0 Å². The van der Waals surface area contributed by atoms with Crippen LogP contribution in [0.5, 0.6) is 0 Å². The van der Waals surface area contributed by atoms with E-state index in [9.17, 15) is 0 Å². The Kier molecular flexibility index (Phi) is 5.10. The van der Waals surface area contributed by atoms with E-state index < -0.39 is 8.32 Å². The van der Waals surface area contributed by atoms with E-state index in [-0.39, 0.29) is 5.04 Å². The van der Waals surface area contributed by atoms with Crippen LogP contribution in [-0.4, -0.2) is 8.32 Å². The third-order valence-electron chi connectivity index (χ3n) is 5.03. The van der Waals surface area contributed by atoms with Gasteiger partial charge in [-0.05, 0) is 60.5 Å². The highest BCUT2D eigenvalue weighted by Crippen LogP contribution is 2.37. The summed E-state index contributed by atoms with van der Waals surface area (Å²) in [5, 5.41) is 0.270. The van der Waals surface area contributed by atoms with Gasteiger partial charge in [0.15, 0.2) is 8.32 Å². The van der Waals surface area contributed by atoms with Gasteiger partial charge in [-0.15, -0.1) is 0 Å². The fourth-order valence-electron chi connectivity index (χ4n) is 2.48. The molecule has 0 amide bonds. The molecule has 21 heavy (non-hydrogen) atoms. The van der Waals surface area contributed by atoms with Crippen LogP contribution in [0.1, 0.15) is 56.7 Å². The molecule has 0 fully saturated rings. The van der Waals surface area contributed by atoms with E-state index in [1.807, 2.05) is 0 Å². The predicted octanol–water partition coefficient (Wildman–Crippen LogP) is 5.95. The third kappa shape index (κ3) is 4.07. The molecule has 2 heteroatoms. The molecule has 1 aliphatic carbocycles. The van der Waals surface area contributed by atoms with E-state index in [2.05, 4.69) is 64.2 Å². The molecule has 2 rings (SSSR count). The molecule has 0 radical (unpaired) electrons. The second kappa shape index (κ2) is 6.49. The Morgan fingerprint density at radius 2 is 1.90 bits per heavy atom. The summed E-state index contributed by atoms with van der Waals surface area (Å²) in [5.74, 6) is 0. The second-order valence-corrected chi connectivity index (χ2v) is 12.5. The summed E-state index contributed by atoms with van der Waals surface area (Å²) in [6.07, 6.45) is 9.65. The lowest BCUT2D eigenvalue weighted by molar-refractivity contribution is 0.276. The third-order valence-corrected chi connectivity index (χ3v) is 9.51. The molecule has 1 nitrogen and oxygen atoms in total. The maximum absolute atomic E-state index is 6.42. The van der Waals surface area contributed by atoms with E-state index in [4.69, 9.17) is 4.43 Å². The topological polar surface area (TPSA) is 9.23 Å². The van der Waals surface area contributed by atoms with E-state index in [1.165, 1.54) is 42.4 Å². The van der Waals surface area contributed by atoms with Gasteiger partial charge in [-0.2, -0.15) is 0 Å². The number of allylic oxidation sites excluding steroid dienone is 1. The Bertz CT molecular complexity index is 509. The van der Waals surface area contributed by atoms with Gasteiger partial charge in [0, 0.05) is 0 Å². The van der Waals surface area contributed by atoms with Gasteiger partial charge in [-0.1, -0.05) is 51.1 Å². The Hall–Kier alpha value is -0.863. The number of rotatable bonds is 3. The quantitative estimate of drug-likeness (QED) is 0.627. The summed E-state index contributed by atoms with van der Waals surface area (Å²) < 4.78 is 6.42. The lowest BCUT2D eigenvalue weighted by Crippen LogP contribution is -2.40. The first kappa shape index (κ1) is 16.5. The van der Waals surface area contributed by atoms with Crippen molar-refractivity contribution in [2.75, 3.05) is 0 Å². The molecule has 0 saturated heterocycles. The molecular weight excluding hydrogens is 272 g/mol. The van der Waals surface area contributed by atoms with Gasteiger partial charge in [0.25, 0.3) is 0 Å². The molecule has 1 aromatic rings. The molecule has 0 saturated carbocycles. The molecular formula is C19H30OSi. The smallest absolute Gasteiger partial charge is 0.192 e. The van der Waals surface area contributed by atoms with Crippen LogP contribution in [0.15, 0.2) is 24.3 Å². The monoisotopic (exact) mass is 302 g/mol. The molecule has 0 aromatic heterocycles. The fourth-order valence-corrected chi connectivity index (χ4v) is 3.43. The molecule has 1 aliphatic rings. The van der Waals surface area contributed by atoms with Gasteiger partial charge in [-0.3, -0.25) is 0 Å². The number of fused-ring (bicyclic) bond motifs is 1. The van der Waals surface area contributed by atoms with Crippen molar-refractivity contribution in [2.45, 2.75) is 71.2 Å². The lowest BCUT2D eigenvalue weighted by atomic mass is 9.94. The van der Waals surface area contributed by atoms with Gasteiger partial charge >= 0.3 is 0 Å². The standard InChI is InChI=1S/C19H30OSi/c1-19(2,3)21(4,5)20-15-17-13-10-12-16-11-8-6-7-9-14-18(16)17/h9-10,12-14H,6-8,11,15H2,1-5H3/b14-9-. The van der Waals surface area contributed by atoms with Crippen LogP contribution in [-0.2, 0) is 17.5 Å². The molecule has 0 heterocycles. The largest absolute Gasteiger partial charge is 0.413 e. The first-order valence-corrected chi connectivity index (χ1v) is 11.1. The van der Waals surface area contributed by atoms with Crippen molar-refractivity contribution in [3.05, 3.63) is 41.0 Å². The van der Waals surface area contributed by atoms with Gasteiger partial charge < -0.3 is 4.43 Å². The van der Waals surface area contributed by atoms with E-state index >= 15 is 0 Å². The highest BCUT2D eigenvalue weighted by molar-refractivity contribution is 6.74. The zero-order valence-electron chi connectivity index (χ0n) is 14.3. The highest BCUT2D eigenvalue weighted by atomic mass is 28.4. The van der Waals surface area contributed by atoms with Crippen LogP contribution in [0.4, 0.5) is 0 Å². The van der Waals surface area contributed by atoms with Crippen molar-refractivity contribution >= 4 is 14.4 Å². The first-order chi connectivity index (χ1) is 9.81. The van der Waals surface area contributed by atoms with E-state index in [0.29, 0.717) is 0 Å². The molecule has 0 aliphatic heterocycles. The minimum Gasteiger partial charge on any atom is -0.413 e. The molecule has 0 atom stereocenters. The number of hydrogen-bond donors (Lipinski definition) is 0. The second-order valence-electron chi connectivity index (χ2n) is 7.69. The number of benzene rings is 1. The van der Waals surface area contributed by atoms with E-state index in [0.717, 1.165) is 6.61 Å². The van der Waals surface area contributed by atoms with Gasteiger partial charge in [-0.25, -0.2) is 0 Å². The normalized spacial score (nSPS) is 17.8. The molecule has 0 N–H and O–H groups in total. The Morgan fingerprint density at radius 3 is 2.62 bits per heavy atom. The predicted molar refractivity (Wildman–Crippen MR) is 95.0 cm³/mol. The van der Waals surface area contributed by atoms with Crippen LogP contribution in [0.25, 0.3) is 6.08 Å². The molecule has 0 bridgehead atoms. The lowest BCUT2D eigenvalue weighted by Gasteiger charge is -2.36. The van der Waals surface area contributed by atoms with Crippen molar-refractivity contribution in [1.82, 2.24) is 0 Å². The molecule has 0 unspecified atom stereocenters.